The third-order valence-corrected chi connectivity index (χ3v) is 6.70. The first-order chi connectivity index (χ1) is 17.3. The number of rotatable bonds is 8. The molecule has 37 heavy (non-hydrogen) atoms. The summed E-state index contributed by atoms with van der Waals surface area (Å²) in [6.45, 7) is 1.38. The Bertz CT molecular complexity index is 1520. The van der Waals surface area contributed by atoms with E-state index in [-0.39, 0.29) is 35.8 Å². The van der Waals surface area contributed by atoms with Crippen LogP contribution < -0.4 is 16.2 Å². The van der Waals surface area contributed by atoms with Crippen molar-refractivity contribution in [2.75, 3.05) is 12.8 Å². The molecule has 0 saturated carbocycles. The van der Waals surface area contributed by atoms with Gasteiger partial charge in [0, 0.05) is 25.0 Å². The van der Waals surface area contributed by atoms with E-state index in [0.717, 1.165) is 23.0 Å². The number of carbonyl (C=O) groups excluding carboxylic acids is 1. The highest BCUT2D eigenvalue weighted by atomic mass is 32.2. The Morgan fingerprint density at radius 2 is 1.73 bits per heavy atom. The van der Waals surface area contributed by atoms with Crippen molar-refractivity contribution in [3.63, 3.8) is 0 Å². The maximum atomic E-state index is 13.7. The average molecular weight is 533 g/mol. The van der Waals surface area contributed by atoms with Crippen molar-refractivity contribution >= 4 is 15.7 Å². The largest absolute Gasteiger partial charge is 0.418 e. The van der Waals surface area contributed by atoms with Gasteiger partial charge in [-0.05, 0) is 48.4 Å². The monoisotopic (exact) mass is 532 g/mol. The molecule has 12 heteroatoms. The lowest BCUT2D eigenvalue weighted by molar-refractivity contribution is -0.137. The molecule has 2 aromatic carbocycles. The fourth-order valence-corrected chi connectivity index (χ4v) is 4.31. The molecule has 0 bridgehead atoms. The predicted molar refractivity (Wildman–Crippen MR) is 130 cm³/mol. The van der Waals surface area contributed by atoms with Gasteiger partial charge in [0.2, 0.25) is 0 Å². The minimum atomic E-state index is -4.75. The van der Waals surface area contributed by atoms with Gasteiger partial charge in [0.05, 0.1) is 28.8 Å². The lowest BCUT2D eigenvalue weighted by atomic mass is 10.1. The molecule has 0 radical (unpaired) electrons. The summed E-state index contributed by atoms with van der Waals surface area (Å²) in [5, 5.41) is 14.2. The third kappa shape index (κ3) is 6.44. The number of sulfone groups is 1. The van der Waals surface area contributed by atoms with Crippen LogP contribution in [0.5, 0.6) is 0 Å². The standard InChI is InChI=1S/C25H23F3N4O4S/c1-16-18(15-30-12-11-29)13-20(23(33)31-14-17-7-9-19(10-8-17)37(2,35)36)24(34)32(16)22-6-4-3-5-21(22)25(26,27)28/h3-10,13,30H,12,14-15H2,1-2H3,(H,31,33). The fraction of sp³-hybridized carbons (Fsp3) is 0.240. The summed E-state index contributed by atoms with van der Waals surface area (Å²) >= 11 is 0. The first kappa shape index (κ1) is 27.6. The van der Waals surface area contributed by atoms with E-state index in [4.69, 9.17) is 5.26 Å². The van der Waals surface area contributed by atoms with Crippen LogP contribution in [0.4, 0.5) is 13.2 Å². The van der Waals surface area contributed by atoms with Gasteiger partial charge in [-0.2, -0.15) is 18.4 Å². The lowest BCUT2D eigenvalue weighted by Crippen LogP contribution is -2.35. The maximum absolute atomic E-state index is 13.7. The maximum Gasteiger partial charge on any atom is 0.418 e. The Kier molecular flexibility index (Phi) is 8.20. The highest BCUT2D eigenvalue weighted by Crippen LogP contribution is 2.34. The number of pyridine rings is 1. The summed E-state index contributed by atoms with van der Waals surface area (Å²) in [5.41, 5.74) is -1.71. The number of nitriles is 1. The number of hydrogen-bond donors (Lipinski definition) is 2. The number of amides is 1. The van der Waals surface area contributed by atoms with Crippen molar-refractivity contribution in [2.45, 2.75) is 31.1 Å². The minimum absolute atomic E-state index is 0.0289. The van der Waals surface area contributed by atoms with E-state index >= 15 is 0 Å². The molecule has 0 aliphatic heterocycles. The molecule has 0 aliphatic carbocycles. The Morgan fingerprint density at radius 1 is 1.08 bits per heavy atom. The quantitative estimate of drug-likeness (QED) is 0.340. The smallest absolute Gasteiger partial charge is 0.348 e. The van der Waals surface area contributed by atoms with Gasteiger partial charge in [-0.25, -0.2) is 8.42 Å². The molecular formula is C25H23F3N4O4S. The molecule has 1 aromatic heterocycles. The minimum Gasteiger partial charge on any atom is -0.348 e. The second-order valence-electron chi connectivity index (χ2n) is 8.18. The van der Waals surface area contributed by atoms with Gasteiger partial charge in [0.1, 0.15) is 5.56 Å². The number of nitrogens with zero attached hydrogens (tertiary/aromatic N) is 2. The fourth-order valence-electron chi connectivity index (χ4n) is 3.68. The van der Waals surface area contributed by atoms with Crippen molar-refractivity contribution < 1.29 is 26.4 Å². The number of para-hydroxylation sites is 1. The molecule has 1 heterocycles. The molecule has 8 nitrogen and oxygen atoms in total. The Hall–Kier alpha value is -3.95. The van der Waals surface area contributed by atoms with Crippen LogP contribution in [0.2, 0.25) is 0 Å². The van der Waals surface area contributed by atoms with Crippen molar-refractivity contribution in [1.29, 1.82) is 5.26 Å². The molecule has 0 unspecified atom stereocenters. The average Bonchev–Trinajstić information content (AvgIpc) is 2.83. The molecular weight excluding hydrogens is 509 g/mol. The number of aromatic nitrogens is 1. The summed E-state index contributed by atoms with van der Waals surface area (Å²) in [4.78, 5) is 26.5. The van der Waals surface area contributed by atoms with Crippen LogP contribution >= 0.6 is 0 Å². The molecule has 0 spiro atoms. The van der Waals surface area contributed by atoms with Crippen molar-refractivity contribution in [3.05, 3.63) is 92.9 Å². The molecule has 0 fully saturated rings. The Morgan fingerprint density at radius 3 is 2.32 bits per heavy atom. The molecule has 194 valence electrons. The molecule has 3 rings (SSSR count). The first-order valence-corrected chi connectivity index (χ1v) is 12.8. The number of hydrogen-bond acceptors (Lipinski definition) is 6. The summed E-state index contributed by atoms with van der Waals surface area (Å²) < 4.78 is 65.3. The van der Waals surface area contributed by atoms with Crippen molar-refractivity contribution in [2.24, 2.45) is 0 Å². The van der Waals surface area contributed by atoms with Gasteiger partial charge >= 0.3 is 6.18 Å². The van der Waals surface area contributed by atoms with Crippen LogP contribution in [-0.4, -0.2) is 31.7 Å². The van der Waals surface area contributed by atoms with Gasteiger partial charge < -0.3 is 10.6 Å². The number of carbonyl (C=O) groups is 1. The zero-order chi connectivity index (χ0) is 27.4. The second-order valence-corrected chi connectivity index (χ2v) is 10.2. The zero-order valence-corrected chi connectivity index (χ0v) is 20.7. The zero-order valence-electron chi connectivity index (χ0n) is 19.9. The van der Waals surface area contributed by atoms with E-state index in [1.54, 1.807) is 0 Å². The van der Waals surface area contributed by atoms with E-state index in [1.807, 2.05) is 6.07 Å². The highest BCUT2D eigenvalue weighted by Gasteiger charge is 2.34. The van der Waals surface area contributed by atoms with Crippen molar-refractivity contribution in [1.82, 2.24) is 15.2 Å². The van der Waals surface area contributed by atoms with Gasteiger partial charge in [-0.1, -0.05) is 24.3 Å². The van der Waals surface area contributed by atoms with Gasteiger partial charge in [-0.3, -0.25) is 14.2 Å². The summed E-state index contributed by atoms with van der Waals surface area (Å²) in [5.74, 6) is -0.822. The number of alkyl halides is 3. The third-order valence-electron chi connectivity index (χ3n) is 5.57. The summed E-state index contributed by atoms with van der Waals surface area (Å²) in [6, 6.07) is 13.5. The van der Waals surface area contributed by atoms with Crippen LogP contribution in [0, 0.1) is 18.3 Å². The van der Waals surface area contributed by atoms with Crippen LogP contribution in [-0.2, 0) is 29.1 Å². The molecule has 3 aromatic rings. The summed E-state index contributed by atoms with van der Waals surface area (Å²) in [6.07, 6.45) is -3.69. The van der Waals surface area contributed by atoms with Gasteiger partial charge in [0.25, 0.3) is 11.5 Å². The van der Waals surface area contributed by atoms with Gasteiger partial charge in [-0.15, -0.1) is 0 Å². The molecule has 0 atom stereocenters. The lowest BCUT2D eigenvalue weighted by Gasteiger charge is -2.20. The summed E-state index contributed by atoms with van der Waals surface area (Å²) in [7, 11) is -3.40. The number of nitrogens with one attached hydrogen (secondary N) is 2. The van der Waals surface area contributed by atoms with E-state index in [1.165, 1.54) is 49.4 Å². The number of halogens is 3. The van der Waals surface area contributed by atoms with Crippen LogP contribution in [0.25, 0.3) is 5.69 Å². The number of benzene rings is 2. The Balaban J connectivity index is 2.04. The van der Waals surface area contributed by atoms with Crippen LogP contribution in [0.3, 0.4) is 0 Å². The van der Waals surface area contributed by atoms with Gasteiger partial charge in [0.15, 0.2) is 9.84 Å². The van der Waals surface area contributed by atoms with E-state index in [0.29, 0.717) is 11.1 Å². The van der Waals surface area contributed by atoms with E-state index < -0.39 is 38.7 Å². The SMILES string of the molecule is Cc1c(CNCC#N)cc(C(=O)NCc2ccc(S(C)(=O)=O)cc2)c(=O)n1-c1ccccc1C(F)(F)F. The molecule has 0 aliphatic rings. The predicted octanol–water partition coefficient (Wildman–Crippen LogP) is 3.11. The van der Waals surface area contributed by atoms with Crippen LogP contribution in [0.15, 0.2) is 64.3 Å². The highest BCUT2D eigenvalue weighted by molar-refractivity contribution is 7.90. The molecule has 0 saturated heterocycles. The Labute approximate surface area is 211 Å². The van der Waals surface area contributed by atoms with E-state index in [2.05, 4.69) is 10.6 Å². The van der Waals surface area contributed by atoms with E-state index in [9.17, 15) is 31.2 Å². The second kappa shape index (κ2) is 11.0. The normalized spacial score (nSPS) is 11.7. The first-order valence-electron chi connectivity index (χ1n) is 10.9. The van der Waals surface area contributed by atoms with Crippen molar-refractivity contribution in [3.8, 4) is 11.8 Å². The van der Waals surface area contributed by atoms with Crippen LogP contribution in [0.1, 0.15) is 32.7 Å². The molecule has 1 amide bonds. The molecule has 2 N–H and O–H groups in total. The topological polar surface area (TPSA) is 121 Å².